The van der Waals surface area contributed by atoms with E-state index in [1.807, 2.05) is 0 Å². The maximum absolute atomic E-state index is 12.9. The molecule has 0 unspecified atom stereocenters. The average Bonchev–Trinajstić information content (AvgIpc) is 3.16. The molecule has 3 aromatic rings. The highest BCUT2D eigenvalue weighted by Gasteiger charge is 2.21. The van der Waals surface area contributed by atoms with E-state index in [0.717, 1.165) is 28.1 Å². The van der Waals surface area contributed by atoms with Gasteiger partial charge < -0.3 is 5.32 Å². The first-order valence-electron chi connectivity index (χ1n) is 7.64. The maximum atomic E-state index is 12.9. The number of carbonyl (C=O) groups is 1. The van der Waals surface area contributed by atoms with Crippen LogP contribution in [-0.2, 0) is 17.6 Å². The zero-order valence-electron chi connectivity index (χ0n) is 12.7. The molecule has 1 aliphatic rings. The number of rotatable bonds is 4. The molecule has 1 amide bonds. The Morgan fingerprint density at radius 1 is 1.25 bits per heavy atom. The second kappa shape index (κ2) is 6.49. The van der Waals surface area contributed by atoms with E-state index >= 15 is 0 Å². The van der Waals surface area contributed by atoms with Gasteiger partial charge in [0, 0.05) is 16.0 Å². The number of fused-ring (bicyclic) bond motifs is 3. The Hall–Kier alpha value is -1.99. The Bertz CT molecular complexity index is 908. The molecule has 0 atom stereocenters. The smallest absolute Gasteiger partial charge is 0.234 e. The van der Waals surface area contributed by atoms with Crippen LogP contribution in [0.2, 0.25) is 0 Å². The van der Waals surface area contributed by atoms with Crippen molar-refractivity contribution in [2.45, 2.75) is 24.3 Å². The summed E-state index contributed by atoms with van der Waals surface area (Å²) in [4.78, 5) is 23.3. The van der Waals surface area contributed by atoms with Gasteiger partial charge in [0.25, 0.3) is 0 Å². The molecular formula is C17H14FN3OS2. The van der Waals surface area contributed by atoms with Gasteiger partial charge in [0.2, 0.25) is 5.91 Å². The first-order chi connectivity index (χ1) is 11.7. The van der Waals surface area contributed by atoms with Crippen molar-refractivity contribution in [3.8, 4) is 0 Å². The van der Waals surface area contributed by atoms with Gasteiger partial charge in [-0.1, -0.05) is 11.8 Å². The number of benzene rings is 1. The molecular weight excluding hydrogens is 345 g/mol. The number of carbonyl (C=O) groups excluding carboxylic acids is 1. The zero-order chi connectivity index (χ0) is 16.5. The van der Waals surface area contributed by atoms with Crippen molar-refractivity contribution in [3.05, 3.63) is 46.9 Å². The standard InChI is InChI=1S/C17H14FN3OS2/c18-10-4-6-11(7-5-10)21-14(22)8-23-16-15-12-2-1-3-13(12)24-17(15)20-9-19-16/h4-7,9H,1-3,8H2,(H,21,22). The monoisotopic (exact) mass is 359 g/mol. The van der Waals surface area contributed by atoms with Gasteiger partial charge in [0.05, 0.1) is 5.75 Å². The quantitative estimate of drug-likeness (QED) is 0.564. The normalized spacial score (nSPS) is 13.2. The summed E-state index contributed by atoms with van der Waals surface area (Å²) >= 11 is 3.16. The minimum Gasteiger partial charge on any atom is -0.325 e. The summed E-state index contributed by atoms with van der Waals surface area (Å²) in [5.41, 5.74) is 1.95. The van der Waals surface area contributed by atoms with Crippen LogP contribution in [0, 0.1) is 5.82 Å². The number of anilines is 1. The lowest BCUT2D eigenvalue weighted by Gasteiger charge is -2.06. The third-order valence-electron chi connectivity index (χ3n) is 3.93. The number of thiophene rings is 1. The topological polar surface area (TPSA) is 54.9 Å². The number of hydrogen-bond acceptors (Lipinski definition) is 5. The fourth-order valence-corrected chi connectivity index (χ4v) is 4.99. The first kappa shape index (κ1) is 15.5. The third kappa shape index (κ3) is 3.01. The van der Waals surface area contributed by atoms with E-state index in [9.17, 15) is 9.18 Å². The molecule has 4 nitrogen and oxygen atoms in total. The largest absolute Gasteiger partial charge is 0.325 e. The molecule has 1 aromatic carbocycles. The third-order valence-corrected chi connectivity index (χ3v) is 6.12. The summed E-state index contributed by atoms with van der Waals surface area (Å²) in [6, 6.07) is 5.75. The van der Waals surface area contributed by atoms with Crippen LogP contribution in [0.3, 0.4) is 0 Å². The molecule has 0 bridgehead atoms. The minimum atomic E-state index is -0.322. The molecule has 24 heavy (non-hydrogen) atoms. The van der Waals surface area contributed by atoms with E-state index in [-0.39, 0.29) is 17.5 Å². The van der Waals surface area contributed by atoms with E-state index in [1.165, 1.54) is 40.8 Å². The van der Waals surface area contributed by atoms with Crippen LogP contribution in [0.15, 0.2) is 35.6 Å². The fraction of sp³-hybridized carbons (Fsp3) is 0.235. The lowest BCUT2D eigenvalue weighted by Crippen LogP contribution is -2.14. The molecule has 0 aliphatic heterocycles. The van der Waals surface area contributed by atoms with Gasteiger partial charge in [0.15, 0.2) is 0 Å². The second-order valence-corrected chi connectivity index (χ2v) is 7.61. The van der Waals surface area contributed by atoms with Crippen LogP contribution in [-0.4, -0.2) is 21.6 Å². The van der Waals surface area contributed by atoms with Crippen LogP contribution < -0.4 is 5.32 Å². The summed E-state index contributed by atoms with van der Waals surface area (Å²) in [6.07, 6.45) is 4.93. The highest BCUT2D eigenvalue weighted by molar-refractivity contribution is 8.00. The Morgan fingerprint density at radius 2 is 2.08 bits per heavy atom. The highest BCUT2D eigenvalue weighted by atomic mass is 32.2. The number of aromatic nitrogens is 2. The lowest BCUT2D eigenvalue weighted by atomic mass is 10.2. The van der Waals surface area contributed by atoms with Gasteiger partial charge >= 0.3 is 0 Å². The minimum absolute atomic E-state index is 0.134. The van der Waals surface area contributed by atoms with Crippen molar-refractivity contribution < 1.29 is 9.18 Å². The van der Waals surface area contributed by atoms with Crippen molar-refractivity contribution in [3.63, 3.8) is 0 Å². The Kier molecular flexibility index (Phi) is 4.20. The van der Waals surface area contributed by atoms with E-state index in [0.29, 0.717) is 5.69 Å². The van der Waals surface area contributed by atoms with Crippen LogP contribution >= 0.6 is 23.1 Å². The molecule has 0 spiro atoms. The predicted molar refractivity (Wildman–Crippen MR) is 95.2 cm³/mol. The van der Waals surface area contributed by atoms with Crippen molar-refractivity contribution in [2.75, 3.05) is 11.1 Å². The van der Waals surface area contributed by atoms with Gasteiger partial charge in [-0.3, -0.25) is 4.79 Å². The molecule has 7 heteroatoms. The second-order valence-electron chi connectivity index (χ2n) is 5.56. The van der Waals surface area contributed by atoms with E-state index in [4.69, 9.17) is 0 Å². The molecule has 1 N–H and O–H groups in total. The molecule has 0 radical (unpaired) electrons. The SMILES string of the molecule is O=C(CSc1ncnc2sc3c(c12)CCC3)Nc1ccc(F)cc1. The van der Waals surface area contributed by atoms with Crippen molar-refractivity contribution in [2.24, 2.45) is 0 Å². The molecule has 2 heterocycles. The molecule has 4 rings (SSSR count). The highest BCUT2D eigenvalue weighted by Crippen LogP contribution is 2.39. The maximum Gasteiger partial charge on any atom is 0.234 e. The lowest BCUT2D eigenvalue weighted by molar-refractivity contribution is -0.113. The molecule has 0 saturated carbocycles. The average molecular weight is 359 g/mol. The van der Waals surface area contributed by atoms with Crippen molar-refractivity contribution in [1.82, 2.24) is 9.97 Å². The summed E-state index contributed by atoms with van der Waals surface area (Å²) in [7, 11) is 0. The van der Waals surface area contributed by atoms with Gasteiger partial charge in [-0.15, -0.1) is 11.3 Å². The molecule has 1 aliphatic carbocycles. The summed E-state index contributed by atoms with van der Waals surface area (Å²) in [6.45, 7) is 0. The van der Waals surface area contributed by atoms with Gasteiger partial charge in [-0.25, -0.2) is 14.4 Å². The van der Waals surface area contributed by atoms with Crippen molar-refractivity contribution >= 4 is 44.9 Å². The summed E-state index contributed by atoms with van der Waals surface area (Å²) in [5.74, 6) is -0.198. The first-order valence-corrected chi connectivity index (χ1v) is 9.44. The summed E-state index contributed by atoms with van der Waals surface area (Å²) < 4.78 is 12.9. The van der Waals surface area contributed by atoms with Crippen LogP contribution in [0.1, 0.15) is 16.9 Å². The number of nitrogens with one attached hydrogen (secondary N) is 1. The van der Waals surface area contributed by atoms with Gasteiger partial charge in [0.1, 0.15) is 22.0 Å². The number of halogens is 1. The molecule has 0 saturated heterocycles. The Balaban J connectivity index is 1.48. The van der Waals surface area contributed by atoms with Crippen LogP contribution in [0.5, 0.6) is 0 Å². The Labute approximate surface area is 146 Å². The van der Waals surface area contributed by atoms with Crippen LogP contribution in [0.25, 0.3) is 10.2 Å². The number of aryl methyl sites for hydroxylation is 2. The molecule has 122 valence electrons. The van der Waals surface area contributed by atoms with E-state index < -0.39 is 0 Å². The number of nitrogens with zero attached hydrogens (tertiary/aromatic N) is 2. The van der Waals surface area contributed by atoms with E-state index in [1.54, 1.807) is 29.8 Å². The number of hydrogen-bond donors (Lipinski definition) is 1. The molecule has 0 fully saturated rings. The summed E-state index contributed by atoms with van der Waals surface area (Å²) in [5, 5.41) is 4.76. The van der Waals surface area contributed by atoms with Crippen LogP contribution in [0.4, 0.5) is 10.1 Å². The Morgan fingerprint density at radius 3 is 2.92 bits per heavy atom. The van der Waals surface area contributed by atoms with E-state index in [2.05, 4.69) is 15.3 Å². The molecule has 2 aromatic heterocycles. The van der Waals surface area contributed by atoms with Gasteiger partial charge in [-0.05, 0) is 49.1 Å². The fourth-order valence-electron chi connectivity index (χ4n) is 2.87. The zero-order valence-corrected chi connectivity index (χ0v) is 14.3. The van der Waals surface area contributed by atoms with Gasteiger partial charge in [-0.2, -0.15) is 0 Å². The van der Waals surface area contributed by atoms with Crippen molar-refractivity contribution in [1.29, 1.82) is 0 Å². The predicted octanol–water partition coefficient (Wildman–Crippen LogP) is 4.05. The number of thioether (sulfide) groups is 1. The number of amides is 1.